The number of hydrogen-bond acceptors (Lipinski definition) is 8. The van der Waals surface area contributed by atoms with E-state index < -0.39 is 4.92 Å². The molecule has 0 spiro atoms. The van der Waals surface area contributed by atoms with Gasteiger partial charge in [-0.05, 0) is 35.9 Å². The second-order valence-electron chi connectivity index (χ2n) is 5.09. The zero-order valence-corrected chi connectivity index (χ0v) is 13.7. The maximum absolute atomic E-state index is 10.8. The van der Waals surface area contributed by atoms with Crippen LogP contribution in [-0.2, 0) is 11.4 Å². The Balaban J connectivity index is 1.59. The summed E-state index contributed by atoms with van der Waals surface area (Å²) in [6, 6.07) is 13.2. The van der Waals surface area contributed by atoms with Crippen LogP contribution in [0.2, 0.25) is 0 Å². The van der Waals surface area contributed by atoms with Crippen LogP contribution in [0, 0.1) is 10.1 Å². The summed E-state index contributed by atoms with van der Waals surface area (Å²) in [7, 11) is 1.60. The Labute approximate surface area is 148 Å². The molecular weight excluding hydrogens is 340 g/mol. The van der Waals surface area contributed by atoms with Crippen molar-refractivity contribution < 1.29 is 18.9 Å². The van der Waals surface area contributed by atoms with Gasteiger partial charge in [0.15, 0.2) is 6.61 Å². The van der Waals surface area contributed by atoms with E-state index in [1.807, 2.05) is 24.3 Å². The summed E-state index contributed by atoms with van der Waals surface area (Å²) in [6.45, 7) is -0.0193. The van der Waals surface area contributed by atoms with Gasteiger partial charge in [0.2, 0.25) is 5.89 Å². The molecule has 3 aromatic rings. The van der Waals surface area contributed by atoms with E-state index in [1.54, 1.807) is 19.2 Å². The first kappa shape index (κ1) is 17.1. The quantitative estimate of drug-likeness (QED) is 0.364. The van der Waals surface area contributed by atoms with E-state index >= 15 is 0 Å². The maximum atomic E-state index is 10.8. The van der Waals surface area contributed by atoms with Crippen molar-refractivity contribution in [2.45, 2.75) is 6.61 Å². The first-order valence-corrected chi connectivity index (χ1v) is 7.52. The van der Waals surface area contributed by atoms with Crippen LogP contribution in [0.5, 0.6) is 5.75 Å². The van der Waals surface area contributed by atoms with Crippen LogP contribution in [-0.4, -0.2) is 28.4 Å². The summed E-state index contributed by atoms with van der Waals surface area (Å²) in [4.78, 5) is 15.4. The van der Waals surface area contributed by atoms with Crippen molar-refractivity contribution in [1.29, 1.82) is 0 Å². The number of aromatic nitrogens is 2. The molecule has 1 aromatic heterocycles. The molecule has 26 heavy (non-hydrogen) atoms. The highest BCUT2D eigenvalue weighted by Crippen LogP contribution is 2.22. The largest absolute Gasteiger partial charge is 0.497 e. The molecule has 0 fully saturated rings. The number of nitro benzene ring substituents is 1. The molecule has 2 aromatic carbocycles. The van der Waals surface area contributed by atoms with E-state index in [-0.39, 0.29) is 24.1 Å². The van der Waals surface area contributed by atoms with Crippen molar-refractivity contribution in [3.63, 3.8) is 0 Å². The van der Waals surface area contributed by atoms with Gasteiger partial charge in [0.25, 0.3) is 11.6 Å². The highest BCUT2D eigenvalue weighted by atomic mass is 16.6. The van der Waals surface area contributed by atoms with E-state index in [1.165, 1.54) is 18.3 Å². The molecule has 0 radical (unpaired) electrons. The minimum absolute atomic E-state index is 0.0193. The highest BCUT2D eigenvalue weighted by molar-refractivity contribution is 5.79. The number of hydrogen-bond donors (Lipinski definition) is 0. The van der Waals surface area contributed by atoms with Crippen LogP contribution in [0.3, 0.4) is 0 Å². The van der Waals surface area contributed by atoms with Crippen molar-refractivity contribution in [1.82, 2.24) is 10.2 Å². The Kier molecular flexibility index (Phi) is 5.18. The van der Waals surface area contributed by atoms with Gasteiger partial charge in [-0.15, -0.1) is 10.2 Å². The molecule has 9 heteroatoms. The van der Waals surface area contributed by atoms with E-state index in [2.05, 4.69) is 15.4 Å². The van der Waals surface area contributed by atoms with Crippen LogP contribution in [0.25, 0.3) is 11.5 Å². The standard InChI is InChI=1S/C17H14N4O5/c1-24-15-7-5-12(6-8-15)10-18-25-11-16-19-20-17(26-16)13-3-2-4-14(9-13)21(22)23/h2-10H,11H2,1H3/b18-10-. The van der Waals surface area contributed by atoms with Crippen molar-refractivity contribution in [2.24, 2.45) is 5.16 Å². The summed E-state index contributed by atoms with van der Waals surface area (Å²) in [6.07, 6.45) is 1.54. The zero-order chi connectivity index (χ0) is 18.4. The van der Waals surface area contributed by atoms with E-state index in [0.717, 1.165) is 11.3 Å². The van der Waals surface area contributed by atoms with Gasteiger partial charge in [0.05, 0.1) is 18.2 Å². The number of ether oxygens (including phenoxy) is 1. The Morgan fingerprint density at radius 3 is 2.77 bits per heavy atom. The molecule has 0 bridgehead atoms. The molecule has 0 saturated carbocycles. The molecule has 0 amide bonds. The van der Waals surface area contributed by atoms with Gasteiger partial charge in [-0.1, -0.05) is 11.2 Å². The Bertz CT molecular complexity index is 921. The van der Waals surface area contributed by atoms with Crippen LogP contribution in [0.4, 0.5) is 5.69 Å². The molecule has 132 valence electrons. The van der Waals surface area contributed by atoms with Gasteiger partial charge in [0.1, 0.15) is 5.75 Å². The first-order valence-electron chi connectivity index (χ1n) is 7.52. The summed E-state index contributed by atoms with van der Waals surface area (Å²) in [5.74, 6) is 1.13. The van der Waals surface area contributed by atoms with E-state index in [9.17, 15) is 10.1 Å². The monoisotopic (exact) mass is 354 g/mol. The maximum Gasteiger partial charge on any atom is 0.270 e. The predicted octanol–water partition coefficient (Wildman–Crippen LogP) is 3.20. The normalized spacial score (nSPS) is 10.8. The van der Waals surface area contributed by atoms with Gasteiger partial charge in [0, 0.05) is 17.7 Å². The molecule has 0 aliphatic carbocycles. The Hall–Kier alpha value is -3.75. The molecule has 0 atom stereocenters. The number of nitro groups is 1. The van der Waals surface area contributed by atoms with Crippen molar-refractivity contribution >= 4 is 11.9 Å². The second-order valence-corrected chi connectivity index (χ2v) is 5.09. The fourth-order valence-corrected chi connectivity index (χ4v) is 2.06. The third kappa shape index (κ3) is 4.20. The summed E-state index contributed by atoms with van der Waals surface area (Å²) < 4.78 is 10.5. The average Bonchev–Trinajstić information content (AvgIpc) is 3.15. The lowest BCUT2D eigenvalue weighted by atomic mass is 10.2. The molecule has 0 saturated heterocycles. The third-order valence-electron chi connectivity index (χ3n) is 3.35. The molecule has 1 heterocycles. The van der Waals surface area contributed by atoms with Crippen LogP contribution in [0.1, 0.15) is 11.5 Å². The molecule has 0 unspecified atom stereocenters. The lowest BCUT2D eigenvalue weighted by Crippen LogP contribution is -1.89. The fraction of sp³-hybridized carbons (Fsp3) is 0.118. The number of methoxy groups -OCH3 is 1. The van der Waals surface area contributed by atoms with E-state index in [4.69, 9.17) is 14.0 Å². The van der Waals surface area contributed by atoms with Gasteiger partial charge in [-0.25, -0.2) is 0 Å². The zero-order valence-electron chi connectivity index (χ0n) is 13.7. The Morgan fingerprint density at radius 2 is 2.04 bits per heavy atom. The average molecular weight is 354 g/mol. The molecule has 3 rings (SSSR count). The van der Waals surface area contributed by atoms with Crippen LogP contribution < -0.4 is 4.74 Å². The number of benzene rings is 2. The predicted molar refractivity (Wildman–Crippen MR) is 91.8 cm³/mol. The van der Waals surface area contributed by atoms with Gasteiger partial charge < -0.3 is 14.0 Å². The minimum atomic E-state index is -0.488. The van der Waals surface area contributed by atoms with Gasteiger partial charge in [-0.3, -0.25) is 10.1 Å². The lowest BCUT2D eigenvalue weighted by molar-refractivity contribution is -0.384. The molecule has 0 aliphatic rings. The van der Waals surface area contributed by atoms with Crippen molar-refractivity contribution in [3.8, 4) is 17.2 Å². The summed E-state index contributed by atoms with van der Waals surface area (Å²) in [5, 5.41) is 22.3. The van der Waals surface area contributed by atoms with Gasteiger partial charge >= 0.3 is 0 Å². The number of rotatable bonds is 7. The van der Waals surface area contributed by atoms with E-state index in [0.29, 0.717) is 5.56 Å². The summed E-state index contributed by atoms with van der Waals surface area (Å²) in [5.41, 5.74) is 1.25. The SMILES string of the molecule is COc1ccc(/C=N\OCc2nnc(-c3cccc([N+](=O)[O-])c3)o2)cc1. The Morgan fingerprint density at radius 1 is 1.23 bits per heavy atom. The topological polar surface area (TPSA) is 113 Å². The third-order valence-corrected chi connectivity index (χ3v) is 3.35. The van der Waals surface area contributed by atoms with Gasteiger partial charge in [-0.2, -0.15) is 0 Å². The highest BCUT2D eigenvalue weighted by Gasteiger charge is 2.12. The van der Waals surface area contributed by atoms with Crippen LogP contribution in [0.15, 0.2) is 58.1 Å². The smallest absolute Gasteiger partial charge is 0.270 e. The molecule has 9 nitrogen and oxygen atoms in total. The summed E-state index contributed by atoms with van der Waals surface area (Å²) >= 11 is 0. The molecular formula is C17H14N4O5. The van der Waals surface area contributed by atoms with Crippen LogP contribution >= 0.6 is 0 Å². The lowest BCUT2D eigenvalue weighted by Gasteiger charge is -1.98. The molecule has 0 aliphatic heterocycles. The first-order chi connectivity index (χ1) is 12.7. The number of oxime groups is 1. The minimum Gasteiger partial charge on any atom is -0.497 e. The number of nitrogens with zero attached hydrogens (tertiary/aromatic N) is 4. The fourth-order valence-electron chi connectivity index (χ4n) is 2.06. The second kappa shape index (κ2) is 7.88. The molecule has 0 N–H and O–H groups in total. The number of non-ortho nitro benzene ring substituents is 1. The van der Waals surface area contributed by atoms with Crippen molar-refractivity contribution in [2.75, 3.05) is 7.11 Å². The van der Waals surface area contributed by atoms with Crippen molar-refractivity contribution in [3.05, 3.63) is 70.1 Å².